The van der Waals surface area contributed by atoms with Crippen molar-refractivity contribution >= 4 is 29.2 Å². The standard InChI is InChI=1S/C14H19Cl2N5O/c1-9(2)12-11(6-5-10(15)13(12)16)22-8-4-3-7-17-14-18-20-21-19-14/h5-6,9H,3-4,7-8H2,1-2H3,(H2,17,18,19,20,21). The summed E-state index contributed by atoms with van der Waals surface area (Å²) in [5.41, 5.74) is 0.958. The average molecular weight is 344 g/mol. The Labute approximate surface area is 139 Å². The topological polar surface area (TPSA) is 75.7 Å². The Morgan fingerprint density at radius 3 is 2.77 bits per heavy atom. The summed E-state index contributed by atoms with van der Waals surface area (Å²) in [6, 6.07) is 3.64. The number of benzene rings is 1. The predicted octanol–water partition coefficient (Wildman–Crippen LogP) is 3.90. The van der Waals surface area contributed by atoms with Crippen LogP contribution in [0.25, 0.3) is 0 Å². The minimum atomic E-state index is 0.252. The minimum Gasteiger partial charge on any atom is -0.493 e. The molecule has 0 radical (unpaired) electrons. The van der Waals surface area contributed by atoms with Crippen molar-refractivity contribution in [3.63, 3.8) is 0 Å². The Hall–Kier alpha value is -1.53. The second-order valence-corrected chi connectivity index (χ2v) is 5.95. The van der Waals surface area contributed by atoms with Crippen molar-refractivity contribution in [3.05, 3.63) is 27.7 Å². The maximum atomic E-state index is 6.27. The second kappa shape index (κ2) is 8.19. The Bertz CT molecular complexity index is 589. The number of nitrogens with zero attached hydrogens (tertiary/aromatic N) is 3. The van der Waals surface area contributed by atoms with Crippen molar-refractivity contribution in [3.8, 4) is 5.75 Å². The summed E-state index contributed by atoms with van der Waals surface area (Å²) in [6.07, 6.45) is 1.85. The largest absolute Gasteiger partial charge is 0.493 e. The normalized spacial score (nSPS) is 11.0. The number of aromatic nitrogens is 4. The van der Waals surface area contributed by atoms with Crippen LogP contribution < -0.4 is 10.1 Å². The van der Waals surface area contributed by atoms with Gasteiger partial charge in [-0.25, -0.2) is 5.10 Å². The van der Waals surface area contributed by atoms with Gasteiger partial charge in [0.15, 0.2) is 0 Å². The second-order valence-electron chi connectivity index (χ2n) is 5.16. The zero-order valence-corrected chi connectivity index (χ0v) is 14.1. The number of ether oxygens (including phenoxy) is 1. The van der Waals surface area contributed by atoms with Crippen LogP contribution in [0.3, 0.4) is 0 Å². The first-order valence-corrected chi connectivity index (χ1v) is 7.93. The van der Waals surface area contributed by atoms with Gasteiger partial charge in [-0.05, 0) is 41.3 Å². The van der Waals surface area contributed by atoms with Crippen LogP contribution in [-0.4, -0.2) is 33.8 Å². The quantitative estimate of drug-likeness (QED) is 0.711. The summed E-state index contributed by atoms with van der Waals surface area (Å²) in [6.45, 7) is 5.53. The lowest BCUT2D eigenvalue weighted by atomic mass is 10.0. The highest BCUT2D eigenvalue weighted by Gasteiger charge is 2.15. The Morgan fingerprint density at radius 1 is 1.27 bits per heavy atom. The van der Waals surface area contributed by atoms with Gasteiger partial charge in [-0.1, -0.05) is 42.1 Å². The number of tetrazole rings is 1. The molecule has 2 aromatic rings. The predicted molar refractivity (Wildman–Crippen MR) is 87.9 cm³/mol. The van der Waals surface area contributed by atoms with Gasteiger partial charge in [0.1, 0.15) is 5.75 Å². The van der Waals surface area contributed by atoms with Gasteiger partial charge in [0.05, 0.1) is 16.7 Å². The molecular formula is C14H19Cl2N5O. The summed E-state index contributed by atoms with van der Waals surface area (Å²) >= 11 is 12.3. The van der Waals surface area contributed by atoms with E-state index in [1.807, 2.05) is 6.07 Å². The SMILES string of the molecule is CC(C)c1c(OCCCCNc2nnn[nH]2)ccc(Cl)c1Cl. The Kier molecular flexibility index (Phi) is 6.27. The van der Waals surface area contributed by atoms with Crippen molar-refractivity contribution in [2.75, 3.05) is 18.5 Å². The van der Waals surface area contributed by atoms with E-state index in [1.54, 1.807) is 6.07 Å². The van der Waals surface area contributed by atoms with Crippen LogP contribution in [-0.2, 0) is 0 Å². The summed E-state index contributed by atoms with van der Waals surface area (Å²) in [5, 5.41) is 17.6. The number of halogens is 2. The Morgan fingerprint density at radius 2 is 2.09 bits per heavy atom. The minimum absolute atomic E-state index is 0.252. The van der Waals surface area contributed by atoms with E-state index in [-0.39, 0.29) is 5.92 Å². The van der Waals surface area contributed by atoms with E-state index in [2.05, 4.69) is 39.8 Å². The van der Waals surface area contributed by atoms with Crippen LogP contribution in [0.5, 0.6) is 5.75 Å². The first kappa shape index (κ1) is 16.8. The maximum Gasteiger partial charge on any atom is 0.240 e. The lowest BCUT2D eigenvalue weighted by Gasteiger charge is -2.16. The molecule has 0 aliphatic carbocycles. The summed E-state index contributed by atoms with van der Waals surface area (Å²) in [7, 11) is 0. The van der Waals surface area contributed by atoms with Crippen molar-refractivity contribution in [2.45, 2.75) is 32.6 Å². The molecule has 0 saturated carbocycles. The molecular weight excluding hydrogens is 325 g/mol. The first-order valence-electron chi connectivity index (χ1n) is 7.18. The fraction of sp³-hybridized carbons (Fsp3) is 0.500. The summed E-state index contributed by atoms with van der Waals surface area (Å²) in [4.78, 5) is 0. The highest BCUT2D eigenvalue weighted by atomic mass is 35.5. The van der Waals surface area contributed by atoms with Crippen LogP contribution in [0, 0.1) is 0 Å². The van der Waals surface area contributed by atoms with Gasteiger partial charge < -0.3 is 10.1 Å². The van der Waals surface area contributed by atoms with E-state index >= 15 is 0 Å². The molecule has 0 aliphatic heterocycles. The number of rotatable bonds is 8. The molecule has 2 N–H and O–H groups in total. The van der Waals surface area contributed by atoms with Gasteiger partial charge in [0.25, 0.3) is 0 Å². The highest BCUT2D eigenvalue weighted by Crippen LogP contribution is 2.37. The number of anilines is 1. The molecule has 2 rings (SSSR count). The molecule has 0 spiro atoms. The van der Waals surface area contributed by atoms with Gasteiger partial charge in [0, 0.05) is 12.1 Å². The summed E-state index contributed by atoms with van der Waals surface area (Å²) < 4.78 is 5.85. The molecule has 1 aromatic carbocycles. The molecule has 6 nitrogen and oxygen atoms in total. The van der Waals surface area contributed by atoms with Gasteiger partial charge >= 0.3 is 0 Å². The molecule has 1 heterocycles. The van der Waals surface area contributed by atoms with Crippen LogP contribution in [0.1, 0.15) is 38.2 Å². The van der Waals surface area contributed by atoms with E-state index in [9.17, 15) is 0 Å². The zero-order valence-electron chi connectivity index (χ0n) is 12.6. The third kappa shape index (κ3) is 4.48. The number of H-pyrrole nitrogens is 1. The van der Waals surface area contributed by atoms with Gasteiger partial charge in [0.2, 0.25) is 5.95 Å². The molecule has 0 unspecified atom stereocenters. The van der Waals surface area contributed by atoms with E-state index in [1.165, 1.54) is 0 Å². The van der Waals surface area contributed by atoms with Crippen LogP contribution in [0.2, 0.25) is 10.0 Å². The van der Waals surface area contributed by atoms with Crippen molar-refractivity contribution in [2.24, 2.45) is 0 Å². The van der Waals surface area contributed by atoms with Crippen LogP contribution >= 0.6 is 23.2 Å². The van der Waals surface area contributed by atoms with Gasteiger partial charge in [-0.3, -0.25) is 0 Å². The lowest BCUT2D eigenvalue weighted by molar-refractivity contribution is 0.304. The maximum absolute atomic E-state index is 6.27. The average Bonchev–Trinajstić information content (AvgIpc) is 2.99. The van der Waals surface area contributed by atoms with E-state index in [0.717, 1.165) is 30.7 Å². The Balaban J connectivity index is 1.78. The fourth-order valence-electron chi connectivity index (χ4n) is 2.06. The molecule has 120 valence electrons. The van der Waals surface area contributed by atoms with Crippen molar-refractivity contribution in [1.29, 1.82) is 0 Å². The number of hydrogen-bond acceptors (Lipinski definition) is 5. The molecule has 0 aliphatic rings. The fourth-order valence-corrected chi connectivity index (χ4v) is 2.60. The molecule has 8 heteroatoms. The van der Waals surface area contributed by atoms with Gasteiger partial charge in [-0.15, -0.1) is 0 Å². The molecule has 0 bridgehead atoms. The number of unbranched alkanes of at least 4 members (excludes halogenated alkanes) is 1. The summed E-state index contributed by atoms with van der Waals surface area (Å²) in [5.74, 6) is 1.63. The van der Waals surface area contributed by atoms with E-state index in [0.29, 0.717) is 22.6 Å². The molecule has 0 saturated heterocycles. The van der Waals surface area contributed by atoms with Crippen molar-refractivity contribution < 1.29 is 4.74 Å². The number of aromatic amines is 1. The molecule has 22 heavy (non-hydrogen) atoms. The third-order valence-electron chi connectivity index (χ3n) is 3.14. The van der Waals surface area contributed by atoms with Crippen LogP contribution in [0.15, 0.2) is 12.1 Å². The monoisotopic (exact) mass is 343 g/mol. The van der Waals surface area contributed by atoms with Crippen LogP contribution in [0.4, 0.5) is 5.95 Å². The van der Waals surface area contributed by atoms with E-state index in [4.69, 9.17) is 27.9 Å². The van der Waals surface area contributed by atoms with E-state index < -0.39 is 0 Å². The smallest absolute Gasteiger partial charge is 0.240 e. The first-order chi connectivity index (χ1) is 10.6. The lowest BCUT2D eigenvalue weighted by Crippen LogP contribution is -2.07. The molecule has 0 amide bonds. The highest BCUT2D eigenvalue weighted by molar-refractivity contribution is 6.42. The zero-order chi connectivity index (χ0) is 15.9. The third-order valence-corrected chi connectivity index (χ3v) is 3.96. The molecule has 1 aromatic heterocycles. The number of nitrogens with one attached hydrogen (secondary N) is 2. The number of hydrogen-bond donors (Lipinski definition) is 2. The molecule has 0 atom stereocenters. The van der Waals surface area contributed by atoms with Gasteiger partial charge in [-0.2, -0.15) is 0 Å². The molecule has 0 fully saturated rings. The van der Waals surface area contributed by atoms with Crippen molar-refractivity contribution in [1.82, 2.24) is 20.6 Å².